The number of ether oxygens (including phenoxy) is 1. The molecule has 0 bridgehead atoms. The molecule has 1 heterocycles. The summed E-state index contributed by atoms with van der Waals surface area (Å²) in [5.41, 5.74) is 7.88. The van der Waals surface area contributed by atoms with Gasteiger partial charge in [0, 0.05) is 19.2 Å². The van der Waals surface area contributed by atoms with Gasteiger partial charge in [-0.15, -0.1) is 0 Å². The average Bonchev–Trinajstić information content (AvgIpc) is 3.00. The quantitative estimate of drug-likeness (QED) is 0.729. The van der Waals surface area contributed by atoms with Crippen LogP contribution in [0.25, 0.3) is 6.08 Å². The molecule has 1 saturated heterocycles. The Bertz CT molecular complexity index is 923. The summed E-state index contributed by atoms with van der Waals surface area (Å²) in [5.74, 6) is 0.343. The second-order valence-electron chi connectivity index (χ2n) is 6.08. The molecule has 0 aromatic heterocycles. The molecule has 8 heteroatoms. The summed E-state index contributed by atoms with van der Waals surface area (Å²) >= 11 is 0.890. The predicted molar refractivity (Wildman–Crippen MR) is 109 cm³/mol. The van der Waals surface area contributed by atoms with Crippen LogP contribution in [0.4, 0.5) is 15.3 Å². The molecule has 7 nitrogen and oxygen atoms in total. The Hall–Kier alpha value is -3.26. The van der Waals surface area contributed by atoms with Crippen LogP contribution in [0.15, 0.2) is 53.4 Å². The van der Waals surface area contributed by atoms with Crippen molar-refractivity contribution in [1.29, 1.82) is 0 Å². The van der Waals surface area contributed by atoms with E-state index in [9.17, 15) is 14.4 Å². The highest BCUT2D eigenvalue weighted by Gasteiger charge is 2.24. The Balaban J connectivity index is 1.51. The van der Waals surface area contributed by atoms with Crippen LogP contribution in [-0.4, -0.2) is 30.8 Å². The van der Waals surface area contributed by atoms with E-state index in [1.165, 1.54) is 4.90 Å². The Morgan fingerprint density at radius 3 is 2.39 bits per heavy atom. The van der Waals surface area contributed by atoms with Crippen molar-refractivity contribution in [1.82, 2.24) is 5.32 Å². The summed E-state index contributed by atoms with van der Waals surface area (Å²) < 4.78 is 5.75. The van der Waals surface area contributed by atoms with E-state index in [1.807, 2.05) is 48.5 Å². The number of carbonyl (C=O) groups is 3. The third kappa shape index (κ3) is 4.92. The first-order valence-electron chi connectivity index (χ1n) is 8.52. The molecule has 1 fully saturated rings. The fourth-order valence-electron chi connectivity index (χ4n) is 2.53. The summed E-state index contributed by atoms with van der Waals surface area (Å²) in [6, 6.07) is 14.3. The molecule has 0 spiro atoms. The van der Waals surface area contributed by atoms with Crippen molar-refractivity contribution >= 4 is 40.7 Å². The number of nitrogens with two attached hydrogens (primary N) is 1. The number of benzene rings is 2. The van der Waals surface area contributed by atoms with E-state index in [1.54, 1.807) is 13.1 Å². The van der Waals surface area contributed by atoms with E-state index >= 15 is 0 Å². The fraction of sp³-hybridized carbons (Fsp3) is 0.150. The van der Waals surface area contributed by atoms with Crippen LogP contribution in [0.5, 0.6) is 5.75 Å². The van der Waals surface area contributed by atoms with Crippen LogP contribution in [0.3, 0.4) is 0 Å². The van der Waals surface area contributed by atoms with Crippen molar-refractivity contribution in [2.75, 3.05) is 18.6 Å². The maximum Gasteiger partial charge on any atom is 0.318 e. The Morgan fingerprint density at radius 2 is 1.82 bits per heavy atom. The van der Waals surface area contributed by atoms with Gasteiger partial charge in [-0.05, 0) is 53.2 Å². The molecule has 0 saturated carbocycles. The molecule has 0 unspecified atom stereocenters. The molecule has 1 aliphatic heterocycles. The topological polar surface area (TPSA) is 102 Å². The normalized spacial score (nSPS) is 14.8. The van der Waals surface area contributed by atoms with Gasteiger partial charge in [-0.2, -0.15) is 0 Å². The summed E-state index contributed by atoms with van der Waals surface area (Å²) in [7, 11) is 1.62. The highest BCUT2D eigenvalue weighted by molar-refractivity contribution is 8.18. The Kier molecular flexibility index (Phi) is 6.00. The molecular weight excluding hydrogens is 378 g/mol. The van der Waals surface area contributed by atoms with Crippen molar-refractivity contribution in [2.24, 2.45) is 5.73 Å². The summed E-state index contributed by atoms with van der Waals surface area (Å²) in [6.07, 6.45) is 2.38. The Morgan fingerprint density at radius 1 is 1.14 bits per heavy atom. The first kappa shape index (κ1) is 19.5. The first-order valence-corrected chi connectivity index (χ1v) is 9.34. The van der Waals surface area contributed by atoms with E-state index < -0.39 is 6.03 Å². The molecule has 1 aliphatic rings. The largest absolute Gasteiger partial charge is 0.493 e. The minimum Gasteiger partial charge on any atom is -0.493 e. The third-order valence-corrected chi connectivity index (χ3v) is 4.94. The molecule has 3 N–H and O–H groups in total. The number of amides is 4. The SMILES string of the molecule is CN(C(N)=O)c1ccc(CCOc2ccc(/C=C3\SC(=O)NC3=O)cc2)cc1. The zero-order chi connectivity index (χ0) is 20.1. The number of urea groups is 1. The summed E-state index contributed by atoms with van der Waals surface area (Å²) in [6.45, 7) is 0.498. The number of thioether (sulfide) groups is 1. The van der Waals surface area contributed by atoms with Crippen molar-refractivity contribution in [2.45, 2.75) is 6.42 Å². The number of carbonyl (C=O) groups excluding carboxylic acids is 3. The molecule has 144 valence electrons. The van der Waals surface area contributed by atoms with Crippen molar-refractivity contribution < 1.29 is 19.1 Å². The van der Waals surface area contributed by atoms with Crippen LogP contribution in [0, 0.1) is 0 Å². The van der Waals surface area contributed by atoms with E-state index in [0.717, 1.165) is 28.6 Å². The lowest BCUT2D eigenvalue weighted by Crippen LogP contribution is -2.31. The van der Waals surface area contributed by atoms with Gasteiger partial charge in [-0.1, -0.05) is 24.3 Å². The van der Waals surface area contributed by atoms with E-state index in [4.69, 9.17) is 10.5 Å². The second-order valence-corrected chi connectivity index (χ2v) is 7.10. The number of hydrogen-bond donors (Lipinski definition) is 2. The molecule has 0 radical (unpaired) electrons. The smallest absolute Gasteiger partial charge is 0.318 e. The standard InChI is InChI=1S/C20H19N3O4S/c1-23(19(21)25)15-6-2-13(3-7-15)10-11-27-16-8-4-14(5-9-16)12-17-18(24)22-20(26)28-17/h2-9,12H,10-11H2,1H3,(H2,21,25)(H,22,24,26)/b17-12-. The van der Waals surface area contributed by atoms with Gasteiger partial charge in [-0.3, -0.25) is 19.8 Å². The van der Waals surface area contributed by atoms with E-state index in [-0.39, 0.29) is 11.1 Å². The number of primary amides is 1. The van der Waals surface area contributed by atoms with Gasteiger partial charge in [0.05, 0.1) is 11.5 Å². The maximum atomic E-state index is 11.6. The van der Waals surface area contributed by atoms with Crippen molar-refractivity contribution in [3.05, 3.63) is 64.6 Å². The number of nitrogens with one attached hydrogen (secondary N) is 1. The molecular formula is C20H19N3O4S. The van der Waals surface area contributed by atoms with Gasteiger partial charge in [0.15, 0.2) is 0 Å². The molecule has 0 aliphatic carbocycles. The lowest BCUT2D eigenvalue weighted by molar-refractivity contribution is -0.115. The summed E-state index contributed by atoms with van der Waals surface area (Å²) in [4.78, 5) is 35.6. The van der Waals surface area contributed by atoms with E-state index in [2.05, 4.69) is 5.32 Å². The zero-order valence-electron chi connectivity index (χ0n) is 15.2. The predicted octanol–water partition coefficient (Wildman–Crippen LogP) is 3.15. The van der Waals surface area contributed by atoms with Gasteiger partial charge in [-0.25, -0.2) is 4.79 Å². The number of hydrogen-bond acceptors (Lipinski definition) is 5. The lowest BCUT2D eigenvalue weighted by Gasteiger charge is -2.14. The molecule has 4 amide bonds. The number of imide groups is 1. The van der Waals surface area contributed by atoms with Gasteiger partial charge in [0.1, 0.15) is 5.75 Å². The van der Waals surface area contributed by atoms with Crippen LogP contribution < -0.4 is 20.7 Å². The fourth-order valence-corrected chi connectivity index (χ4v) is 3.22. The first-order chi connectivity index (χ1) is 13.4. The highest BCUT2D eigenvalue weighted by atomic mass is 32.2. The summed E-state index contributed by atoms with van der Waals surface area (Å²) in [5, 5.41) is 1.87. The van der Waals surface area contributed by atoms with Gasteiger partial charge in [0.25, 0.3) is 11.1 Å². The maximum absolute atomic E-state index is 11.6. The molecule has 3 rings (SSSR count). The minimum absolute atomic E-state index is 0.356. The van der Waals surface area contributed by atoms with Crippen LogP contribution in [0.1, 0.15) is 11.1 Å². The number of anilines is 1. The minimum atomic E-state index is -0.506. The van der Waals surface area contributed by atoms with Crippen LogP contribution in [0.2, 0.25) is 0 Å². The number of nitrogens with zero attached hydrogens (tertiary/aromatic N) is 1. The third-order valence-electron chi connectivity index (χ3n) is 4.13. The van der Waals surface area contributed by atoms with Crippen molar-refractivity contribution in [3.8, 4) is 5.75 Å². The van der Waals surface area contributed by atoms with Gasteiger partial charge < -0.3 is 10.5 Å². The lowest BCUT2D eigenvalue weighted by atomic mass is 10.1. The zero-order valence-corrected chi connectivity index (χ0v) is 16.0. The van der Waals surface area contributed by atoms with E-state index in [0.29, 0.717) is 23.7 Å². The van der Waals surface area contributed by atoms with Crippen molar-refractivity contribution in [3.63, 3.8) is 0 Å². The monoisotopic (exact) mass is 397 g/mol. The highest BCUT2D eigenvalue weighted by Crippen LogP contribution is 2.26. The van der Waals surface area contributed by atoms with Gasteiger partial charge in [0.2, 0.25) is 0 Å². The van der Waals surface area contributed by atoms with Crippen LogP contribution >= 0.6 is 11.8 Å². The molecule has 2 aromatic carbocycles. The second kappa shape index (κ2) is 8.62. The molecule has 2 aromatic rings. The molecule has 28 heavy (non-hydrogen) atoms. The average molecular weight is 397 g/mol. The van der Waals surface area contributed by atoms with Crippen LogP contribution in [-0.2, 0) is 11.2 Å². The molecule has 0 atom stereocenters. The number of rotatable bonds is 6. The van der Waals surface area contributed by atoms with Gasteiger partial charge >= 0.3 is 6.03 Å². The Labute approximate surface area is 166 Å².